The smallest absolute Gasteiger partial charge is 0.319 e. The lowest BCUT2D eigenvalue weighted by atomic mass is 9.93. The Kier molecular flexibility index (Phi) is 8.93. The molecule has 7 heteroatoms. The first kappa shape index (κ1) is 26.3. The van der Waals surface area contributed by atoms with Crippen LogP contribution in [0.25, 0.3) is 0 Å². The topological polar surface area (TPSA) is 78.5 Å². The van der Waals surface area contributed by atoms with Crippen LogP contribution in [0.4, 0.5) is 16.2 Å². The maximum Gasteiger partial charge on any atom is 0.319 e. The van der Waals surface area contributed by atoms with Crippen molar-refractivity contribution in [1.29, 1.82) is 0 Å². The SMILES string of the molecule is CC(C)c1cccc(C(C)C)c1NC(=O)NCCCN(c1ccccc1)S(=O)(=O)c1ccccc1. The van der Waals surface area contributed by atoms with E-state index in [0.717, 1.165) is 16.8 Å². The standard InChI is InChI=1S/C28H35N3O3S/c1-21(2)25-17-11-18-26(22(3)4)27(25)30-28(32)29-19-12-20-31(23-13-7-5-8-14-23)35(33,34)24-15-9-6-10-16-24/h5-11,13-18,21-22H,12,19-20H2,1-4H3,(H2,29,30,32). The molecule has 3 aromatic rings. The molecule has 3 rings (SSSR count). The zero-order chi connectivity index (χ0) is 25.4. The molecule has 3 aromatic carbocycles. The molecule has 0 radical (unpaired) electrons. The van der Waals surface area contributed by atoms with Crippen molar-refractivity contribution in [1.82, 2.24) is 5.32 Å². The molecule has 0 fully saturated rings. The first-order chi connectivity index (χ1) is 16.7. The van der Waals surface area contributed by atoms with Crippen LogP contribution in [0.5, 0.6) is 0 Å². The van der Waals surface area contributed by atoms with Gasteiger partial charge in [-0.3, -0.25) is 4.31 Å². The number of carbonyl (C=O) groups is 1. The number of para-hydroxylation sites is 2. The van der Waals surface area contributed by atoms with Gasteiger partial charge in [0.1, 0.15) is 0 Å². The van der Waals surface area contributed by atoms with Gasteiger partial charge in [-0.05, 0) is 53.6 Å². The summed E-state index contributed by atoms with van der Waals surface area (Å²) in [6.07, 6.45) is 0.456. The van der Waals surface area contributed by atoms with E-state index in [1.165, 1.54) is 4.31 Å². The summed E-state index contributed by atoms with van der Waals surface area (Å²) in [7, 11) is -3.73. The lowest BCUT2D eigenvalue weighted by Crippen LogP contribution is -2.35. The van der Waals surface area contributed by atoms with Crippen LogP contribution in [0.3, 0.4) is 0 Å². The molecule has 0 saturated carbocycles. The Balaban J connectivity index is 1.68. The first-order valence-electron chi connectivity index (χ1n) is 12.0. The second-order valence-corrected chi connectivity index (χ2v) is 10.9. The van der Waals surface area contributed by atoms with Gasteiger partial charge in [-0.25, -0.2) is 13.2 Å². The van der Waals surface area contributed by atoms with Crippen molar-refractivity contribution in [2.24, 2.45) is 0 Å². The number of carbonyl (C=O) groups excluding carboxylic acids is 1. The quantitative estimate of drug-likeness (QED) is 0.324. The number of anilines is 2. The zero-order valence-electron chi connectivity index (χ0n) is 20.9. The molecule has 0 saturated heterocycles. The highest BCUT2D eigenvalue weighted by atomic mass is 32.2. The van der Waals surface area contributed by atoms with Crippen molar-refractivity contribution in [2.45, 2.75) is 50.8 Å². The largest absolute Gasteiger partial charge is 0.338 e. The second-order valence-electron chi connectivity index (χ2n) is 9.08. The van der Waals surface area contributed by atoms with Gasteiger partial charge in [-0.15, -0.1) is 0 Å². The maximum absolute atomic E-state index is 13.3. The van der Waals surface area contributed by atoms with Crippen molar-refractivity contribution in [2.75, 3.05) is 22.7 Å². The summed E-state index contributed by atoms with van der Waals surface area (Å²) in [6, 6.07) is 23.2. The fraction of sp³-hybridized carbons (Fsp3) is 0.321. The lowest BCUT2D eigenvalue weighted by molar-refractivity contribution is 0.252. The summed E-state index contributed by atoms with van der Waals surface area (Å²) < 4.78 is 28.1. The third kappa shape index (κ3) is 6.63. The van der Waals surface area contributed by atoms with Crippen LogP contribution in [-0.4, -0.2) is 27.5 Å². The molecule has 0 aliphatic carbocycles. The molecule has 0 atom stereocenters. The van der Waals surface area contributed by atoms with Crippen LogP contribution >= 0.6 is 0 Å². The van der Waals surface area contributed by atoms with Crippen LogP contribution in [-0.2, 0) is 10.0 Å². The fourth-order valence-corrected chi connectivity index (χ4v) is 5.50. The minimum absolute atomic E-state index is 0.237. The van der Waals surface area contributed by atoms with E-state index in [2.05, 4.69) is 38.3 Å². The highest BCUT2D eigenvalue weighted by molar-refractivity contribution is 7.92. The highest BCUT2D eigenvalue weighted by Crippen LogP contribution is 2.32. The number of amides is 2. The van der Waals surface area contributed by atoms with Gasteiger partial charge in [-0.1, -0.05) is 82.3 Å². The number of sulfonamides is 1. The molecule has 0 aliphatic heterocycles. The van der Waals surface area contributed by atoms with Crippen molar-refractivity contribution >= 4 is 27.4 Å². The maximum atomic E-state index is 13.3. The van der Waals surface area contributed by atoms with Crippen molar-refractivity contribution in [3.05, 3.63) is 90.0 Å². The average molecular weight is 494 g/mol. The van der Waals surface area contributed by atoms with Gasteiger partial charge in [0, 0.05) is 18.8 Å². The Morgan fingerprint density at radius 2 is 1.34 bits per heavy atom. The van der Waals surface area contributed by atoms with Crippen LogP contribution in [0.2, 0.25) is 0 Å². The summed E-state index contributed by atoms with van der Waals surface area (Å²) in [4.78, 5) is 13.0. The predicted molar refractivity (Wildman–Crippen MR) is 144 cm³/mol. The summed E-state index contributed by atoms with van der Waals surface area (Å²) in [6.45, 7) is 8.99. The molecule has 0 spiro atoms. The number of rotatable bonds is 10. The Bertz CT molecular complexity index is 1180. The Morgan fingerprint density at radius 3 is 1.89 bits per heavy atom. The molecule has 0 unspecified atom stereocenters. The Hall–Kier alpha value is -3.32. The summed E-state index contributed by atoms with van der Waals surface area (Å²) >= 11 is 0. The van der Waals surface area contributed by atoms with E-state index < -0.39 is 10.0 Å². The number of hydrogen-bond donors (Lipinski definition) is 2. The molecule has 186 valence electrons. The third-order valence-electron chi connectivity index (χ3n) is 5.81. The number of hydrogen-bond acceptors (Lipinski definition) is 3. The zero-order valence-corrected chi connectivity index (χ0v) is 21.7. The van der Waals surface area contributed by atoms with E-state index in [9.17, 15) is 13.2 Å². The molecule has 0 aromatic heterocycles. The summed E-state index contributed by atoms with van der Waals surface area (Å²) in [5, 5.41) is 5.93. The van der Waals surface area contributed by atoms with Gasteiger partial charge < -0.3 is 10.6 Å². The molecule has 2 N–H and O–H groups in total. The lowest BCUT2D eigenvalue weighted by Gasteiger charge is -2.25. The van der Waals surface area contributed by atoms with Gasteiger partial charge in [0.2, 0.25) is 0 Å². The molecule has 35 heavy (non-hydrogen) atoms. The van der Waals surface area contributed by atoms with E-state index in [0.29, 0.717) is 18.7 Å². The van der Waals surface area contributed by atoms with Gasteiger partial charge in [0.15, 0.2) is 0 Å². The predicted octanol–water partition coefficient (Wildman–Crippen LogP) is 6.34. The molecule has 0 heterocycles. The average Bonchev–Trinajstić information content (AvgIpc) is 2.84. The molecule has 0 aliphatic rings. The van der Waals surface area contributed by atoms with Crippen molar-refractivity contribution in [3.8, 4) is 0 Å². The second kappa shape index (κ2) is 11.9. The summed E-state index contributed by atoms with van der Waals surface area (Å²) in [5.41, 5.74) is 3.63. The molecule has 6 nitrogen and oxygen atoms in total. The normalized spacial score (nSPS) is 11.5. The van der Waals surface area contributed by atoms with Crippen molar-refractivity contribution in [3.63, 3.8) is 0 Å². The van der Waals surface area contributed by atoms with Crippen molar-refractivity contribution < 1.29 is 13.2 Å². The minimum atomic E-state index is -3.73. The third-order valence-corrected chi connectivity index (χ3v) is 7.65. The number of nitrogens with zero attached hydrogens (tertiary/aromatic N) is 1. The summed E-state index contributed by atoms with van der Waals surface area (Å²) in [5.74, 6) is 0.540. The van der Waals surface area contributed by atoms with Gasteiger partial charge >= 0.3 is 6.03 Å². The van der Waals surface area contributed by atoms with Crippen LogP contribution < -0.4 is 14.9 Å². The van der Waals surface area contributed by atoms with Crippen LogP contribution in [0.1, 0.15) is 57.1 Å². The minimum Gasteiger partial charge on any atom is -0.338 e. The molecule has 2 amide bonds. The van der Waals surface area contributed by atoms with E-state index in [-0.39, 0.29) is 29.3 Å². The fourth-order valence-electron chi connectivity index (χ4n) is 3.98. The number of nitrogens with one attached hydrogen (secondary N) is 2. The van der Waals surface area contributed by atoms with Crippen LogP contribution in [0.15, 0.2) is 83.8 Å². The highest BCUT2D eigenvalue weighted by Gasteiger charge is 2.24. The Morgan fingerprint density at radius 1 is 0.800 bits per heavy atom. The number of urea groups is 1. The molecular formula is C28H35N3O3S. The molecule has 0 bridgehead atoms. The first-order valence-corrected chi connectivity index (χ1v) is 13.5. The van der Waals surface area contributed by atoms with E-state index in [1.54, 1.807) is 42.5 Å². The Labute approximate surface area is 209 Å². The van der Waals surface area contributed by atoms with Crippen LogP contribution in [0, 0.1) is 0 Å². The number of benzene rings is 3. The van der Waals surface area contributed by atoms with E-state index in [4.69, 9.17) is 0 Å². The van der Waals surface area contributed by atoms with Gasteiger partial charge in [0.05, 0.1) is 10.6 Å². The monoisotopic (exact) mass is 493 g/mol. The van der Waals surface area contributed by atoms with E-state index >= 15 is 0 Å². The van der Waals surface area contributed by atoms with Gasteiger partial charge in [-0.2, -0.15) is 0 Å². The molecular weight excluding hydrogens is 458 g/mol. The van der Waals surface area contributed by atoms with E-state index in [1.807, 2.05) is 36.4 Å². The van der Waals surface area contributed by atoms with Gasteiger partial charge in [0.25, 0.3) is 10.0 Å².